The third-order valence-electron chi connectivity index (χ3n) is 4.29. The zero-order chi connectivity index (χ0) is 21.3. The first-order valence-electron chi connectivity index (χ1n) is 8.22. The average Bonchev–Trinajstić information content (AvgIpc) is 3.10. The largest absolute Gasteiger partial charge is 0.457 e. The van der Waals surface area contributed by atoms with Gasteiger partial charge in [0.25, 0.3) is 5.69 Å². The molecule has 2 aromatic heterocycles. The third-order valence-corrected chi connectivity index (χ3v) is 4.29. The van der Waals surface area contributed by atoms with Crippen molar-refractivity contribution in [3.8, 4) is 11.3 Å². The molecule has 0 aliphatic heterocycles. The number of nitro benzene ring substituents is 1. The molecule has 11 nitrogen and oxygen atoms in total. The zero-order valence-corrected chi connectivity index (χ0v) is 15.2. The summed E-state index contributed by atoms with van der Waals surface area (Å²) in [5.74, 6) is 0.612. The van der Waals surface area contributed by atoms with Gasteiger partial charge in [0.1, 0.15) is 17.2 Å². The molecule has 0 aliphatic rings. The number of nitrogens with one attached hydrogen (secondary N) is 2. The van der Waals surface area contributed by atoms with Gasteiger partial charge in [0, 0.05) is 17.2 Å². The highest BCUT2D eigenvalue weighted by atomic mass is 16.6. The van der Waals surface area contributed by atoms with E-state index in [1.165, 1.54) is 18.2 Å². The fraction of sp³-hybridized carbons (Fsp3) is 0.111. The van der Waals surface area contributed by atoms with E-state index in [1.807, 2.05) is 0 Å². The second-order valence-electron chi connectivity index (χ2n) is 6.16. The Labute approximate surface area is 161 Å². The maximum atomic E-state index is 11.6. The van der Waals surface area contributed by atoms with Crippen molar-refractivity contribution in [3.05, 3.63) is 87.9 Å². The lowest BCUT2D eigenvalue weighted by Crippen LogP contribution is -2.25. The van der Waals surface area contributed by atoms with E-state index in [0.29, 0.717) is 16.9 Å². The number of hydrogen-bond donors (Lipinski definition) is 2. The summed E-state index contributed by atoms with van der Waals surface area (Å²) in [6, 6.07) is 6.27. The molecule has 0 bridgehead atoms. The van der Waals surface area contributed by atoms with Crippen molar-refractivity contribution in [2.24, 2.45) is 0 Å². The highest BCUT2D eigenvalue weighted by Crippen LogP contribution is 2.31. The van der Waals surface area contributed by atoms with Crippen molar-refractivity contribution >= 4 is 23.5 Å². The van der Waals surface area contributed by atoms with E-state index in [0.717, 1.165) is 5.56 Å². The molecule has 0 aliphatic carbocycles. The number of aromatic amines is 2. The van der Waals surface area contributed by atoms with Crippen molar-refractivity contribution in [2.75, 3.05) is 0 Å². The second-order valence-corrected chi connectivity index (χ2v) is 6.16. The predicted molar refractivity (Wildman–Crippen MR) is 104 cm³/mol. The number of H-pyrrole nitrogens is 2. The third kappa shape index (κ3) is 3.88. The Bertz CT molecular complexity index is 1280. The van der Waals surface area contributed by atoms with Gasteiger partial charge in [-0.05, 0) is 49.8 Å². The molecule has 2 heterocycles. The first-order valence-corrected chi connectivity index (χ1v) is 8.22. The molecule has 0 unspecified atom stereocenters. The molecule has 0 radical (unpaired) electrons. The van der Waals surface area contributed by atoms with E-state index in [9.17, 15) is 29.8 Å². The van der Waals surface area contributed by atoms with Gasteiger partial charge in [-0.2, -0.15) is 0 Å². The Hall–Kier alpha value is -4.28. The molecule has 148 valence electrons. The van der Waals surface area contributed by atoms with Crippen LogP contribution in [-0.4, -0.2) is 19.8 Å². The summed E-state index contributed by atoms with van der Waals surface area (Å²) in [5, 5.41) is 22.3. The minimum atomic E-state index is -1.12. The molecule has 3 aromatic rings. The second kappa shape index (κ2) is 7.38. The van der Waals surface area contributed by atoms with Gasteiger partial charge in [0.15, 0.2) is 0 Å². The van der Waals surface area contributed by atoms with Gasteiger partial charge in [0.2, 0.25) is 0 Å². The van der Waals surface area contributed by atoms with Crippen LogP contribution in [0.25, 0.3) is 23.5 Å². The number of rotatable bonds is 5. The highest BCUT2D eigenvalue weighted by molar-refractivity contribution is 5.72. The van der Waals surface area contributed by atoms with E-state index in [-0.39, 0.29) is 17.1 Å². The number of aromatic nitrogens is 2. The Morgan fingerprint density at radius 3 is 2.38 bits per heavy atom. The van der Waals surface area contributed by atoms with Crippen LogP contribution >= 0.6 is 0 Å². The van der Waals surface area contributed by atoms with Crippen molar-refractivity contribution in [2.45, 2.75) is 13.8 Å². The number of nitro groups is 2. The maximum Gasteiger partial charge on any atom is 0.357 e. The lowest BCUT2D eigenvalue weighted by Gasteiger charge is -2.04. The molecule has 11 heteroatoms. The Morgan fingerprint density at radius 2 is 1.72 bits per heavy atom. The molecule has 0 saturated carbocycles. The molecular weight excluding hydrogens is 384 g/mol. The summed E-state index contributed by atoms with van der Waals surface area (Å²) < 4.78 is 5.62. The van der Waals surface area contributed by atoms with Crippen LogP contribution in [0.1, 0.15) is 22.6 Å². The van der Waals surface area contributed by atoms with Gasteiger partial charge < -0.3 is 9.40 Å². The van der Waals surface area contributed by atoms with Gasteiger partial charge in [-0.1, -0.05) is 0 Å². The highest BCUT2D eigenvalue weighted by Gasteiger charge is 2.19. The summed E-state index contributed by atoms with van der Waals surface area (Å²) in [5.41, 5.74) is -1.37. The minimum absolute atomic E-state index is 0.0368. The van der Waals surface area contributed by atoms with E-state index in [1.54, 1.807) is 37.0 Å². The van der Waals surface area contributed by atoms with Gasteiger partial charge in [0.05, 0.1) is 9.85 Å². The van der Waals surface area contributed by atoms with E-state index in [4.69, 9.17) is 4.42 Å². The number of nitrogens with zero attached hydrogens (tertiary/aromatic N) is 2. The van der Waals surface area contributed by atoms with Crippen LogP contribution in [0, 0.1) is 34.1 Å². The molecule has 1 aromatic carbocycles. The van der Waals surface area contributed by atoms with Crippen LogP contribution in [0.4, 0.5) is 11.4 Å². The maximum absolute atomic E-state index is 11.6. The summed E-state index contributed by atoms with van der Waals surface area (Å²) in [7, 11) is 0. The summed E-state index contributed by atoms with van der Waals surface area (Å²) >= 11 is 0. The first kappa shape index (κ1) is 19.5. The minimum Gasteiger partial charge on any atom is -0.457 e. The molecule has 0 amide bonds. The van der Waals surface area contributed by atoms with Gasteiger partial charge >= 0.3 is 16.9 Å². The molecule has 0 atom stereocenters. The van der Waals surface area contributed by atoms with Crippen molar-refractivity contribution in [1.82, 2.24) is 9.97 Å². The summed E-state index contributed by atoms with van der Waals surface area (Å²) in [6.07, 6.45) is 2.50. The molecular formula is C18H14N4O7. The van der Waals surface area contributed by atoms with Crippen LogP contribution in [-0.2, 0) is 0 Å². The molecule has 0 spiro atoms. The predicted octanol–water partition coefficient (Wildman–Crippen LogP) is 2.93. The smallest absolute Gasteiger partial charge is 0.357 e. The zero-order valence-electron chi connectivity index (χ0n) is 15.2. The van der Waals surface area contributed by atoms with Crippen LogP contribution in [0.15, 0.2) is 38.3 Å². The normalized spacial score (nSPS) is 11.1. The van der Waals surface area contributed by atoms with Crippen LogP contribution in [0.3, 0.4) is 0 Å². The number of aryl methyl sites for hydroxylation is 1. The van der Waals surface area contributed by atoms with Crippen LogP contribution < -0.4 is 11.2 Å². The Balaban J connectivity index is 1.99. The number of hydrogen-bond acceptors (Lipinski definition) is 7. The standard InChI is InChI=1S/C18H14N4O7/c1-9-7-11(8-14(10(9)2)21(25)26)15-6-4-12(29-15)3-5-13-16(22(27)28)17(23)20-18(24)19-13/h3-8H,1-2H3,(H2,19,20,23,24)/b5-3-. The Kier molecular flexibility index (Phi) is 4.96. The van der Waals surface area contributed by atoms with Crippen molar-refractivity contribution < 1.29 is 14.3 Å². The lowest BCUT2D eigenvalue weighted by molar-refractivity contribution is -0.386. The monoisotopic (exact) mass is 398 g/mol. The molecule has 0 saturated heterocycles. The van der Waals surface area contributed by atoms with Gasteiger partial charge in [-0.15, -0.1) is 0 Å². The molecule has 29 heavy (non-hydrogen) atoms. The number of furan rings is 1. The van der Waals surface area contributed by atoms with Gasteiger partial charge in [-0.25, -0.2) is 4.79 Å². The van der Waals surface area contributed by atoms with Crippen molar-refractivity contribution in [3.63, 3.8) is 0 Å². The van der Waals surface area contributed by atoms with E-state index >= 15 is 0 Å². The number of benzene rings is 1. The van der Waals surface area contributed by atoms with Crippen LogP contribution in [0.5, 0.6) is 0 Å². The van der Waals surface area contributed by atoms with Crippen molar-refractivity contribution in [1.29, 1.82) is 0 Å². The fourth-order valence-corrected chi connectivity index (χ4v) is 2.73. The molecule has 3 rings (SSSR count). The van der Waals surface area contributed by atoms with E-state index in [2.05, 4.69) is 4.98 Å². The summed E-state index contributed by atoms with van der Waals surface area (Å²) in [4.78, 5) is 47.9. The lowest BCUT2D eigenvalue weighted by atomic mass is 10.0. The molecule has 0 fully saturated rings. The SMILES string of the molecule is Cc1cc(-c2ccc(/C=C\c3[nH]c(=O)[nH]c(=O)c3[N+](=O)[O-])o2)cc([N+](=O)[O-])c1C. The fourth-order valence-electron chi connectivity index (χ4n) is 2.73. The van der Waals surface area contributed by atoms with Crippen LogP contribution in [0.2, 0.25) is 0 Å². The quantitative estimate of drug-likeness (QED) is 0.492. The topological polar surface area (TPSA) is 165 Å². The molecule has 2 N–H and O–H groups in total. The van der Waals surface area contributed by atoms with E-state index < -0.39 is 26.8 Å². The summed E-state index contributed by atoms with van der Waals surface area (Å²) in [6.45, 7) is 3.40. The first-order chi connectivity index (χ1) is 13.7. The average molecular weight is 398 g/mol. The Morgan fingerprint density at radius 1 is 1.00 bits per heavy atom. The van der Waals surface area contributed by atoms with Gasteiger partial charge in [-0.3, -0.25) is 30.0 Å².